The number of nitrogens with zero attached hydrogens (tertiary/aromatic N) is 3. The Labute approximate surface area is 120 Å². The van der Waals surface area contributed by atoms with E-state index in [4.69, 9.17) is 22.3 Å². The van der Waals surface area contributed by atoms with E-state index in [0.717, 1.165) is 11.1 Å². The fourth-order valence-electron chi connectivity index (χ4n) is 1.80. The second-order valence-electron chi connectivity index (χ2n) is 3.90. The third kappa shape index (κ3) is 2.61. The molecule has 0 N–H and O–H groups in total. The molecule has 19 heavy (non-hydrogen) atoms. The molecule has 0 aliphatic carbocycles. The standard InChI is InChI=1S/C11H11Cl2N3O2S/c1-3-16-10(14-15-11(16)19(13,17)18)8-5-4-6-9(12)7(8)2/h4-6H,3H2,1-2H3. The smallest absolute Gasteiger partial charge is 0.296 e. The topological polar surface area (TPSA) is 64.8 Å². The first-order valence-corrected chi connectivity index (χ1v) is 8.18. The molecule has 0 bridgehead atoms. The lowest BCUT2D eigenvalue weighted by Crippen LogP contribution is -2.06. The highest BCUT2D eigenvalue weighted by Crippen LogP contribution is 2.28. The van der Waals surface area contributed by atoms with Crippen LogP contribution in [0.1, 0.15) is 12.5 Å². The summed E-state index contributed by atoms with van der Waals surface area (Å²) in [6, 6.07) is 5.34. The van der Waals surface area contributed by atoms with E-state index in [0.29, 0.717) is 17.4 Å². The van der Waals surface area contributed by atoms with Gasteiger partial charge in [-0.1, -0.05) is 23.7 Å². The molecule has 1 aromatic carbocycles. The molecule has 0 saturated carbocycles. The van der Waals surface area contributed by atoms with Crippen LogP contribution in [-0.2, 0) is 15.6 Å². The first kappa shape index (κ1) is 14.3. The Balaban J connectivity index is 2.71. The molecule has 0 saturated heterocycles. The lowest BCUT2D eigenvalue weighted by atomic mass is 10.1. The van der Waals surface area contributed by atoms with Crippen molar-refractivity contribution in [3.8, 4) is 11.4 Å². The van der Waals surface area contributed by atoms with E-state index < -0.39 is 9.05 Å². The van der Waals surface area contributed by atoms with Gasteiger partial charge in [-0.2, -0.15) is 0 Å². The second kappa shape index (κ2) is 5.11. The van der Waals surface area contributed by atoms with Crippen molar-refractivity contribution in [2.45, 2.75) is 25.5 Å². The maximum atomic E-state index is 11.4. The van der Waals surface area contributed by atoms with E-state index in [9.17, 15) is 8.42 Å². The van der Waals surface area contributed by atoms with Gasteiger partial charge >= 0.3 is 0 Å². The molecule has 5 nitrogen and oxygen atoms in total. The molecule has 0 atom stereocenters. The maximum absolute atomic E-state index is 11.4. The average molecular weight is 320 g/mol. The molecule has 1 heterocycles. The van der Waals surface area contributed by atoms with Gasteiger partial charge in [0.25, 0.3) is 14.2 Å². The average Bonchev–Trinajstić information content (AvgIpc) is 2.76. The van der Waals surface area contributed by atoms with Crippen molar-refractivity contribution < 1.29 is 8.42 Å². The van der Waals surface area contributed by atoms with Crippen LogP contribution in [0.2, 0.25) is 5.02 Å². The zero-order chi connectivity index (χ0) is 14.2. The molecule has 0 aliphatic heterocycles. The van der Waals surface area contributed by atoms with Gasteiger partial charge in [0.1, 0.15) is 0 Å². The van der Waals surface area contributed by atoms with Crippen molar-refractivity contribution in [1.29, 1.82) is 0 Å². The van der Waals surface area contributed by atoms with Crippen LogP contribution in [-0.4, -0.2) is 23.2 Å². The van der Waals surface area contributed by atoms with Gasteiger partial charge in [-0.3, -0.25) is 4.57 Å². The van der Waals surface area contributed by atoms with Crippen LogP contribution in [0.15, 0.2) is 23.4 Å². The molecule has 0 aliphatic rings. The van der Waals surface area contributed by atoms with Gasteiger partial charge in [0, 0.05) is 27.8 Å². The van der Waals surface area contributed by atoms with Crippen molar-refractivity contribution in [3.05, 3.63) is 28.8 Å². The first-order chi connectivity index (χ1) is 8.86. The zero-order valence-electron chi connectivity index (χ0n) is 10.3. The largest absolute Gasteiger partial charge is 0.297 e. The van der Waals surface area contributed by atoms with Crippen molar-refractivity contribution in [2.75, 3.05) is 0 Å². The Morgan fingerprint density at radius 2 is 2.00 bits per heavy atom. The minimum Gasteiger partial charge on any atom is -0.297 e. The highest BCUT2D eigenvalue weighted by molar-refractivity contribution is 8.13. The van der Waals surface area contributed by atoms with Gasteiger partial charge < -0.3 is 0 Å². The highest BCUT2D eigenvalue weighted by Gasteiger charge is 2.23. The predicted molar refractivity (Wildman–Crippen MR) is 73.9 cm³/mol. The summed E-state index contributed by atoms with van der Waals surface area (Å²) in [6.45, 7) is 4.01. The summed E-state index contributed by atoms with van der Waals surface area (Å²) in [5.41, 5.74) is 1.54. The molecule has 0 unspecified atom stereocenters. The Bertz CT molecular complexity index is 726. The Morgan fingerprint density at radius 1 is 1.32 bits per heavy atom. The number of hydrogen-bond acceptors (Lipinski definition) is 4. The van der Waals surface area contributed by atoms with Gasteiger partial charge in [0.2, 0.25) is 0 Å². The zero-order valence-corrected chi connectivity index (χ0v) is 12.6. The Morgan fingerprint density at radius 3 is 2.58 bits per heavy atom. The number of hydrogen-bond donors (Lipinski definition) is 0. The molecular formula is C11H11Cl2N3O2S. The summed E-state index contributed by atoms with van der Waals surface area (Å²) in [5, 5.41) is 7.90. The van der Waals surface area contributed by atoms with E-state index >= 15 is 0 Å². The molecule has 8 heteroatoms. The lowest BCUT2D eigenvalue weighted by molar-refractivity contribution is 0.582. The van der Waals surface area contributed by atoms with E-state index in [1.165, 1.54) is 4.57 Å². The van der Waals surface area contributed by atoms with Crippen LogP contribution in [0.4, 0.5) is 0 Å². The third-order valence-corrected chi connectivity index (χ3v) is 4.32. The van der Waals surface area contributed by atoms with Crippen LogP contribution in [0, 0.1) is 6.92 Å². The van der Waals surface area contributed by atoms with Crippen LogP contribution < -0.4 is 0 Å². The van der Waals surface area contributed by atoms with Crippen molar-refractivity contribution in [3.63, 3.8) is 0 Å². The summed E-state index contributed by atoms with van der Waals surface area (Å²) in [4.78, 5) is 0. The molecule has 2 rings (SSSR count). The molecule has 0 amide bonds. The molecule has 0 radical (unpaired) electrons. The minimum atomic E-state index is -3.93. The normalized spacial score (nSPS) is 11.8. The fraction of sp³-hybridized carbons (Fsp3) is 0.273. The lowest BCUT2D eigenvalue weighted by Gasteiger charge is -2.09. The fourth-order valence-corrected chi connectivity index (χ4v) is 2.94. The molecule has 0 fully saturated rings. The monoisotopic (exact) mass is 319 g/mol. The third-order valence-electron chi connectivity index (χ3n) is 2.76. The van der Waals surface area contributed by atoms with Gasteiger partial charge in [-0.15, -0.1) is 10.2 Å². The summed E-state index contributed by atoms with van der Waals surface area (Å²) in [6.07, 6.45) is 0. The molecule has 1 aromatic heterocycles. The molecule has 0 spiro atoms. The van der Waals surface area contributed by atoms with Gasteiger partial charge in [-0.05, 0) is 25.5 Å². The van der Waals surface area contributed by atoms with E-state index in [2.05, 4.69) is 10.2 Å². The van der Waals surface area contributed by atoms with Crippen molar-refractivity contribution in [2.24, 2.45) is 0 Å². The highest BCUT2D eigenvalue weighted by atomic mass is 35.7. The predicted octanol–water partition coefficient (Wildman–Crippen LogP) is 2.85. The Hall–Kier alpha value is -1.11. The van der Waals surface area contributed by atoms with Crippen molar-refractivity contribution in [1.82, 2.24) is 14.8 Å². The summed E-state index contributed by atoms with van der Waals surface area (Å²) in [7, 11) is 1.41. The van der Waals surface area contributed by atoms with Crippen LogP contribution >= 0.6 is 22.3 Å². The Kier molecular flexibility index (Phi) is 3.85. The van der Waals surface area contributed by atoms with Crippen LogP contribution in [0.25, 0.3) is 11.4 Å². The van der Waals surface area contributed by atoms with E-state index in [1.807, 2.05) is 13.0 Å². The number of rotatable bonds is 3. The molecule has 2 aromatic rings. The van der Waals surface area contributed by atoms with E-state index in [1.54, 1.807) is 19.1 Å². The quantitative estimate of drug-likeness (QED) is 0.816. The number of aromatic nitrogens is 3. The molecular weight excluding hydrogens is 309 g/mol. The second-order valence-corrected chi connectivity index (χ2v) is 6.77. The summed E-state index contributed by atoms with van der Waals surface area (Å²) >= 11 is 6.05. The SMILES string of the molecule is CCn1c(-c2cccc(Cl)c2C)nnc1S(=O)(=O)Cl. The van der Waals surface area contributed by atoms with Crippen LogP contribution in [0.3, 0.4) is 0 Å². The summed E-state index contributed by atoms with van der Waals surface area (Å²) < 4.78 is 24.3. The minimum absolute atomic E-state index is 0.258. The van der Waals surface area contributed by atoms with E-state index in [-0.39, 0.29) is 5.16 Å². The maximum Gasteiger partial charge on any atom is 0.296 e. The van der Waals surface area contributed by atoms with Gasteiger partial charge in [0.15, 0.2) is 5.82 Å². The number of halogens is 2. The summed E-state index contributed by atoms with van der Waals surface area (Å²) in [5.74, 6) is 0.432. The number of benzene rings is 1. The van der Waals surface area contributed by atoms with Crippen molar-refractivity contribution >= 4 is 31.3 Å². The molecule has 102 valence electrons. The van der Waals surface area contributed by atoms with Crippen LogP contribution in [0.5, 0.6) is 0 Å². The first-order valence-electron chi connectivity index (χ1n) is 5.49. The van der Waals surface area contributed by atoms with Gasteiger partial charge in [0.05, 0.1) is 0 Å². The van der Waals surface area contributed by atoms with Gasteiger partial charge in [-0.25, -0.2) is 8.42 Å².